The lowest BCUT2D eigenvalue weighted by atomic mass is 10.0. The number of hydrogen-bond acceptors (Lipinski definition) is 3. The van der Waals surface area contributed by atoms with Gasteiger partial charge in [-0.3, -0.25) is 4.79 Å². The molecule has 0 aliphatic carbocycles. The van der Waals surface area contributed by atoms with Crippen molar-refractivity contribution < 1.29 is 9.90 Å². The van der Waals surface area contributed by atoms with E-state index in [1.54, 1.807) is 0 Å². The van der Waals surface area contributed by atoms with Crippen LogP contribution < -0.4 is 5.32 Å². The van der Waals surface area contributed by atoms with Gasteiger partial charge in [0.05, 0.1) is 12.5 Å². The van der Waals surface area contributed by atoms with Gasteiger partial charge in [-0.05, 0) is 32.0 Å². The molecule has 21 heavy (non-hydrogen) atoms. The molecule has 0 bridgehead atoms. The quantitative estimate of drug-likeness (QED) is 0.772. The number of benzene rings is 1. The zero-order valence-electron chi connectivity index (χ0n) is 13.5. The predicted molar refractivity (Wildman–Crippen MR) is 86.0 cm³/mol. The van der Waals surface area contributed by atoms with Gasteiger partial charge in [0.2, 0.25) is 5.91 Å². The molecule has 0 aliphatic heterocycles. The number of nitrogens with one attached hydrogen (secondary N) is 1. The van der Waals surface area contributed by atoms with Gasteiger partial charge >= 0.3 is 0 Å². The minimum absolute atomic E-state index is 0.103. The van der Waals surface area contributed by atoms with Crippen LogP contribution in [0.25, 0.3) is 0 Å². The molecule has 2 atom stereocenters. The number of nitrogens with zero attached hydrogens (tertiary/aromatic N) is 1. The van der Waals surface area contributed by atoms with Gasteiger partial charge in [-0.1, -0.05) is 44.2 Å². The second kappa shape index (κ2) is 8.80. The van der Waals surface area contributed by atoms with Gasteiger partial charge in [-0.15, -0.1) is 0 Å². The zero-order valence-corrected chi connectivity index (χ0v) is 13.5. The first-order valence-corrected chi connectivity index (χ1v) is 7.56. The summed E-state index contributed by atoms with van der Waals surface area (Å²) in [6.07, 6.45) is 0.398. The Bertz CT molecular complexity index is 418. The first-order valence-electron chi connectivity index (χ1n) is 7.56. The van der Waals surface area contributed by atoms with E-state index in [0.29, 0.717) is 18.5 Å². The average Bonchev–Trinajstić information content (AvgIpc) is 2.43. The highest BCUT2D eigenvalue weighted by atomic mass is 16.3. The highest BCUT2D eigenvalue weighted by molar-refractivity contribution is 5.76. The molecule has 0 aliphatic rings. The fourth-order valence-corrected chi connectivity index (χ4v) is 2.29. The molecule has 0 heterocycles. The van der Waals surface area contributed by atoms with Crippen molar-refractivity contribution in [2.24, 2.45) is 5.92 Å². The molecule has 1 rings (SSSR count). The maximum absolute atomic E-state index is 11.9. The predicted octanol–water partition coefficient (Wildman–Crippen LogP) is 2.20. The molecule has 0 aromatic heterocycles. The lowest BCUT2D eigenvalue weighted by Gasteiger charge is -2.26. The molecule has 2 unspecified atom stereocenters. The fraction of sp³-hybridized carbons (Fsp3) is 0.588. The van der Waals surface area contributed by atoms with Crippen LogP contribution in [0, 0.1) is 5.92 Å². The molecular weight excluding hydrogens is 264 g/mol. The van der Waals surface area contributed by atoms with Crippen molar-refractivity contribution in [2.45, 2.75) is 38.8 Å². The number of amides is 1. The van der Waals surface area contributed by atoms with E-state index in [9.17, 15) is 9.90 Å². The van der Waals surface area contributed by atoms with Crippen LogP contribution in [0.5, 0.6) is 0 Å². The van der Waals surface area contributed by atoms with E-state index in [4.69, 9.17) is 0 Å². The van der Waals surface area contributed by atoms with Crippen molar-refractivity contribution in [3.63, 3.8) is 0 Å². The number of likely N-dealkylation sites (N-methyl/N-ethyl adjacent to an activating group) is 1. The molecule has 0 radical (unpaired) electrons. The minimum Gasteiger partial charge on any atom is -0.388 e. The molecule has 118 valence electrons. The first-order chi connectivity index (χ1) is 9.90. The van der Waals surface area contributed by atoms with Crippen molar-refractivity contribution in [3.05, 3.63) is 35.9 Å². The summed E-state index contributed by atoms with van der Waals surface area (Å²) in [5.41, 5.74) is 0.777. The molecule has 4 heteroatoms. The fourth-order valence-electron chi connectivity index (χ4n) is 2.29. The number of carbonyl (C=O) groups is 1. The smallest absolute Gasteiger partial charge is 0.223 e. The molecular formula is C17H28N2O2. The number of aliphatic hydroxyl groups excluding tert-OH is 1. The topological polar surface area (TPSA) is 52.6 Å². The highest BCUT2D eigenvalue weighted by Gasteiger charge is 2.16. The van der Waals surface area contributed by atoms with Crippen molar-refractivity contribution in [1.82, 2.24) is 10.2 Å². The van der Waals surface area contributed by atoms with Crippen molar-refractivity contribution in [2.75, 3.05) is 20.6 Å². The van der Waals surface area contributed by atoms with Crippen molar-refractivity contribution >= 4 is 5.91 Å². The Labute approximate surface area is 128 Å². The number of hydrogen-bond donors (Lipinski definition) is 2. The Kier molecular flexibility index (Phi) is 7.40. The SMILES string of the molecule is CC(C)CC(CNC(=O)CC(O)c1ccccc1)N(C)C. The summed E-state index contributed by atoms with van der Waals surface area (Å²) in [5, 5.41) is 13.0. The van der Waals surface area contributed by atoms with Gasteiger partial charge in [0.1, 0.15) is 0 Å². The average molecular weight is 292 g/mol. The number of carbonyl (C=O) groups excluding carboxylic acids is 1. The molecule has 1 amide bonds. The Morgan fingerprint density at radius 3 is 2.38 bits per heavy atom. The van der Waals surface area contributed by atoms with Gasteiger partial charge in [0, 0.05) is 12.6 Å². The van der Waals surface area contributed by atoms with E-state index in [1.165, 1.54) is 0 Å². The third-order valence-corrected chi connectivity index (χ3v) is 3.57. The Hall–Kier alpha value is -1.39. The summed E-state index contributed by atoms with van der Waals surface area (Å²) >= 11 is 0. The Morgan fingerprint density at radius 1 is 1.24 bits per heavy atom. The van der Waals surface area contributed by atoms with E-state index in [-0.39, 0.29) is 12.3 Å². The summed E-state index contributed by atoms with van der Waals surface area (Å²) in [6.45, 7) is 4.97. The molecule has 4 nitrogen and oxygen atoms in total. The Balaban J connectivity index is 2.42. The third kappa shape index (κ3) is 6.74. The molecule has 0 saturated carbocycles. The summed E-state index contributed by atoms with van der Waals surface area (Å²) in [6, 6.07) is 9.60. The second-order valence-corrected chi connectivity index (χ2v) is 6.18. The maximum Gasteiger partial charge on any atom is 0.223 e. The van der Waals surface area contributed by atoms with Gasteiger partial charge in [-0.2, -0.15) is 0 Å². The standard InChI is InChI=1S/C17H28N2O2/c1-13(2)10-15(19(3)4)12-18-17(21)11-16(20)14-8-6-5-7-9-14/h5-9,13,15-16,20H,10-12H2,1-4H3,(H,18,21). The molecule has 0 fully saturated rings. The van der Waals surface area contributed by atoms with Crippen molar-refractivity contribution in [1.29, 1.82) is 0 Å². The number of rotatable bonds is 8. The highest BCUT2D eigenvalue weighted by Crippen LogP contribution is 2.15. The normalized spacial score (nSPS) is 14.2. The van der Waals surface area contributed by atoms with Crippen LogP contribution in [0.3, 0.4) is 0 Å². The van der Waals surface area contributed by atoms with Gasteiger partial charge in [0.25, 0.3) is 0 Å². The zero-order chi connectivity index (χ0) is 15.8. The molecule has 0 saturated heterocycles. The van der Waals surface area contributed by atoms with Crippen LogP contribution in [0.2, 0.25) is 0 Å². The maximum atomic E-state index is 11.9. The minimum atomic E-state index is -0.742. The van der Waals surface area contributed by atoms with Gasteiger partial charge in [-0.25, -0.2) is 0 Å². The van der Waals surface area contributed by atoms with E-state index in [1.807, 2.05) is 44.4 Å². The molecule has 2 N–H and O–H groups in total. The summed E-state index contributed by atoms with van der Waals surface area (Å²) in [7, 11) is 4.05. The third-order valence-electron chi connectivity index (χ3n) is 3.57. The van der Waals surface area contributed by atoms with Gasteiger partial charge < -0.3 is 15.3 Å². The second-order valence-electron chi connectivity index (χ2n) is 6.18. The summed E-state index contributed by atoms with van der Waals surface area (Å²) < 4.78 is 0. The van der Waals surface area contributed by atoms with Gasteiger partial charge in [0.15, 0.2) is 0 Å². The van der Waals surface area contributed by atoms with Crippen LogP contribution in [-0.4, -0.2) is 42.6 Å². The largest absolute Gasteiger partial charge is 0.388 e. The molecule has 1 aromatic rings. The van der Waals surface area contributed by atoms with E-state index >= 15 is 0 Å². The number of aliphatic hydroxyl groups is 1. The van der Waals surface area contributed by atoms with Crippen LogP contribution in [0.15, 0.2) is 30.3 Å². The monoisotopic (exact) mass is 292 g/mol. The first kappa shape index (κ1) is 17.7. The van der Waals surface area contributed by atoms with Crippen molar-refractivity contribution in [3.8, 4) is 0 Å². The van der Waals surface area contributed by atoms with Crippen LogP contribution in [-0.2, 0) is 4.79 Å². The molecule has 1 aromatic carbocycles. The molecule has 0 spiro atoms. The lowest BCUT2D eigenvalue weighted by Crippen LogP contribution is -2.41. The van der Waals surface area contributed by atoms with E-state index < -0.39 is 6.10 Å². The van der Waals surface area contributed by atoms with Crippen LogP contribution in [0.4, 0.5) is 0 Å². The van der Waals surface area contributed by atoms with E-state index in [2.05, 4.69) is 24.1 Å². The Morgan fingerprint density at radius 2 is 1.86 bits per heavy atom. The van der Waals surface area contributed by atoms with Crippen LogP contribution >= 0.6 is 0 Å². The van der Waals surface area contributed by atoms with E-state index in [0.717, 1.165) is 12.0 Å². The lowest BCUT2D eigenvalue weighted by molar-refractivity contribution is -0.123. The van der Waals surface area contributed by atoms with Crippen LogP contribution in [0.1, 0.15) is 38.4 Å². The summed E-state index contributed by atoms with van der Waals surface area (Å²) in [4.78, 5) is 14.1. The summed E-state index contributed by atoms with van der Waals surface area (Å²) in [5.74, 6) is 0.478.